The molecule has 0 aromatic heterocycles. The highest BCUT2D eigenvalue weighted by Gasteiger charge is 2.18. The summed E-state index contributed by atoms with van der Waals surface area (Å²) in [5.41, 5.74) is 1.77. The quantitative estimate of drug-likeness (QED) is 0.600. The fraction of sp³-hybridized carbons (Fsp3) is 0.409. The summed E-state index contributed by atoms with van der Waals surface area (Å²) in [5.74, 6) is 1.45. The van der Waals surface area contributed by atoms with Gasteiger partial charge in [0.1, 0.15) is 0 Å². The summed E-state index contributed by atoms with van der Waals surface area (Å²) >= 11 is 0. The SMILES string of the molecule is CCOc1cc(C(=O)NCCCc2ccccc2)cc(OCC)c1OCC. The molecule has 0 saturated carbocycles. The molecule has 0 atom stereocenters. The van der Waals surface area contributed by atoms with Gasteiger partial charge in [-0.15, -0.1) is 0 Å². The van der Waals surface area contributed by atoms with E-state index in [4.69, 9.17) is 14.2 Å². The van der Waals surface area contributed by atoms with Crippen LogP contribution >= 0.6 is 0 Å². The van der Waals surface area contributed by atoms with Crippen LogP contribution in [0.5, 0.6) is 17.2 Å². The van der Waals surface area contributed by atoms with Gasteiger partial charge in [0.2, 0.25) is 5.75 Å². The van der Waals surface area contributed by atoms with E-state index in [0.717, 1.165) is 12.8 Å². The van der Waals surface area contributed by atoms with E-state index in [-0.39, 0.29) is 5.91 Å². The Morgan fingerprint density at radius 2 is 1.48 bits per heavy atom. The number of hydrogen-bond donors (Lipinski definition) is 1. The average Bonchev–Trinajstić information content (AvgIpc) is 2.68. The van der Waals surface area contributed by atoms with Crippen molar-refractivity contribution in [1.82, 2.24) is 5.32 Å². The molecular formula is C22H29NO4. The molecule has 0 saturated heterocycles. The van der Waals surface area contributed by atoms with Crippen molar-refractivity contribution in [3.63, 3.8) is 0 Å². The van der Waals surface area contributed by atoms with Gasteiger partial charge in [-0.05, 0) is 51.3 Å². The van der Waals surface area contributed by atoms with Crippen molar-refractivity contribution in [2.75, 3.05) is 26.4 Å². The van der Waals surface area contributed by atoms with Gasteiger partial charge >= 0.3 is 0 Å². The lowest BCUT2D eigenvalue weighted by atomic mass is 10.1. The van der Waals surface area contributed by atoms with Crippen LogP contribution in [0.2, 0.25) is 0 Å². The summed E-state index contributed by atoms with van der Waals surface area (Å²) in [4.78, 5) is 12.6. The van der Waals surface area contributed by atoms with Crippen LogP contribution in [0.4, 0.5) is 0 Å². The first kappa shape index (κ1) is 20.6. The fourth-order valence-electron chi connectivity index (χ4n) is 2.76. The van der Waals surface area contributed by atoms with Crippen LogP contribution < -0.4 is 19.5 Å². The Kier molecular flexibility index (Phi) is 8.49. The zero-order valence-corrected chi connectivity index (χ0v) is 16.4. The van der Waals surface area contributed by atoms with Crippen molar-refractivity contribution in [3.05, 3.63) is 53.6 Å². The van der Waals surface area contributed by atoms with E-state index in [1.54, 1.807) is 12.1 Å². The van der Waals surface area contributed by atoms with Crippen molar-refractivity contribution in [3.8, 4) is 17.2 Å². The number of ether oxygens (including phenoxy) is 3. The number of carbonyl (C=O) groups excluding carboxylic acids is 1. The predicted octanol–water partition coefficient (Wildman–Crippen LogP) is 4.25. The van der Waals surface area contributed by atoms with Crippen molar-refractivity contribution in [2.45, 2.75) is 33.6 Å². The molecule has 0 unspecified atom stereocenters. The van der Waals surface area contributed by atoms with Crippen molar-refractivity contribution in [1.29, 1.82) is 0 Å². The second-order valence-corrected chi connectivity index (χ2v) is 5.95. The summed E-state index contributed by atoms with van der Waals surface area (Å²) in [6.45, 7) is 7.75. The minimum atomic E-state index is -0.145. The fourth-order valence-corrected chi connectivity index (χ4v) is 2.76. The molecule has 0 heterocycles. The van der Waals surface area contributed by atoms with E-state index in [1.807, 2.05) is 39.0 Å². The van der Waals surface area contributed by atoms with Gasteiger partial charge in [0.25, 0.3) is 5.91 Å². The van der Waals surface area contributed by atoms with Crippen molar-refractivity contribution in [2.24, 2.45) is 0 Å². The Hall–Kier alpha value is -2.69. The van der Waals surface area contributed by atoms with E-state index >= 15 is 0 Å². The summed E-state index contributed by atoms with van der Waals surface area (Å²) in [7, 11) is 0. The monoisotopic (exact) mass is 371 g/mol. The highest BCUT2D eigenvalue weighted by molar-refractivity contribution is 5.95. The number of benzene rings is 2. The van der Waals surface area contributed by atoms with Crippen LogP contribution in [0.3, 0.4) is 0 Å². The van der Waals surface area contributed by atoms with E-state index in [0.29, 0.717) is 49.2 Å². The molecule has 0 aliphatic carbocycles. The van der Waals surface area contributed by atoms with Crippen LogP contribution in [-0.4, -0.2) is 32.3 Å². The van der Waals surface area contributed by atoms with Gasteiger partial charge in [-0.25, -0.2) is 0 Å². The van der Waals surface area contributed by atoms with Crippen LogP contribution in [-0.2, 0) is 6.42 Å². The van der Waals surface area contributed by atoms with Crippen LogP contribution in [0, 0.1) is 0 Å². The summed E-state index contributed by atoms with van der Waals surface area (Å²) in [6.07, 6.45) is 1.81. The van der Waals surface area contributed by atoms with Crippen molar-refractivity contribution < 1.29 is 19.0 Å². The molecule has 1 N–H and O–H groups in total. The Labute approximate surface area is 161 Å². The molecule has 2 rings (SSSR count). The van der Waals surface area contributed by atoms with Gasteiger partial charge in [0.05, 0.1) is 19.8 Å². The highest BCUT2D eigenvalue weighted by atomic mass is 16.5. The largest absolute Gasteiger partial charge is 0.490 e. The Bertz CT molecular complexity index is 689. The lowest BCUT2D eigenvalue weighted by Gasteiger charge is -2.17. The Balaban J connectivity index is 2.05. The maximum Gasteiger partial charge on any atom is 0.251 e. The van der Waals surface area contributed by atoms with Crippen molar-refractivity contribution >= 4 is 5.91 Å². The molecule has 1 amide bonds. The predicted molar refractivity (Wildman–Crippen MR) is 107 cm³/mol. The third-order valence-corrected chi connectivity index (χ3v) is 3.94. The van der Waals surface area contributed by atoms with E-state index in [1.165, 1.54) is 5.56 Å². The Morgan fingerprint density at radius 3 is 2.04 bits per heavy atom. The van der Waals surface area contributed by atoms with Gasteiger partial charge < -0.3 is 19.5 Å². The van der Waals surface area contributed by atoms with Crippen LogP contribution in [0.1, 0.15) is 43.1 Å². The van der Waals surface area contributed by atoms with Crippen LogP contribution in [0.15, 0.2) is 42.5 Å². The smallest absolute Gasteiger partial charge is 0.251 e. The Morgan fingerprint density at radius 1 is 0.889 bits per heavy atom. The van der Waals surface area contributed by atoms with Crippen LogP contribution in [0.25, 0.3) is 0 Å². The second-order valence-electron chi connectivity index (χ2n) is 5.95. The third-order valence-electron chi connectivity index (χ3n) is 3.94. The summed E-state index contributed by atoms with van der Waals surface area (Å²) in [5, 5.41) is 2.97. The molecule has 0 aliphatic heterocycles. The molecule has 0 radical (unpaired) electrons. The third kappa shape index (κ3) is 6.20. The van der Waals surface area contributed by atoms with Gasteiger partial charge in [-0.2, -0.15) is 0 Å². The molecule has 0 fully saturated rings. The molecule has 2 aromatic rings. The number of amides is 1. The molecule has 27 heavy (non-hydrogen) atoms. The molecule has 146 valence electrons. The van der Waals surface area contributed by atoms with Gasteiger partial charge in [-0.3, -0.25) is 4.79 Å². The first-order valence-corrected chi connectivity index (χ1v) is 9.58. The molecule has 5 nitrogen and oxygen atoms in total. The average molecular weight is 371 g/mol. The normalized spacial score (nSPS) is 10.3. The number of rotatable bonds is 11. The van der Waals surface area contributed by atoms with E-state index in [2.05, 4.69) is 17.4 Å². The molecule has 0 spiro atoms. The maximum absolute atomic E-state index is 12.6. The zero-order chi connectivity index (χ0) is 19.5. The number of aryl methyl sites for hydroxylation is 1. The van der Waals surface area contributed by atoms with Gasteiger partial charge in [-0.1, -0.05) is 30.3 Å². The minimum Gasteiger partial charge on any atom is -0.490 e. The molecule has 2 aromatic carbocycles. The summed E-state index contributed by atoms with van der Waals surface area (Å²) < 4.78 is 17.0. The molecular weight excluding hydrogens is 342 g/mol. The van der Waals surface area contributed by atoms with Gasteiger partial charge in [0, 0.05) is 12.1 Å². The first-order valence-electron chi connectivity index (χ1n) is 9.58. The lowest BCUT2D eigenvalue weighted by molar-refractivity contribution is 0.0952. The molecule has 0 aliphatic rings. The molecule has 0 bridgehead atoms. The lowest BCUT2D eigenvalue weighted by Crippen LogP contribution is -2.25. The number of hydrogen-bond acceptors (Lipinski definition) is 4. The standard InChI is InChI=1S/C22H29NO4/c1-4-25-19-15-18(16-20(26-5-2)21(19)27-6-3)22(24)23-14-10-13-17-11-8-7-9-12-17/h7-9,11-12,15-16H,4-6,10,13-14H2,1-3H3,(H,23,24). The minimum absolute atomic E-state index is 0.145. The number of nitrogens with one attached hydrogen (secondary N) is 1. The topological polar surface area (TPSA) is 56.8 Å². The summed E-state index contributed by atoms with van der Waals surface area (Å²) in [6, 6.07) is 13.7. The number of carbonyl (C=O) groups is 1. The zero-order valence-electron chi connectivity index (χ0n) is 16.4. The van der Waals surface area contributed by atoms with E-state index in [9.17, 15) is 4.79 Å². The van der Waals surface area contributed by atoms with Gasteiger partial charge in [0.15, 0.2) is 11.5 Å². The second kappa shape index (κ2) is 11.1. The highest BCUT2D eigenvalue weighted by Crippen LogP contribution is 2.39. The first-order chi connectivity index (χ1) is 13.2. The molecule has 5 heteroatoms. The van der Waals surface area contributed by atoms with E-state index < -0.39 is 0 Å². The maximum atomic E-state index is 12.6.